The highest BCUT2D eigenvalue weighted by molar-refractivity contribution is 6.35. The van der Waals surface area contributed by atoms with E-state index in [4.69, 9.17) is 0 Å². The third kappa shape index (κ3) is 2.86. The summed E-state index contributed by atoms with van der Waals surface area (Å²) in [6.07, 6.45) is 2.01. The molecular weight excluding hydrogens is 340 g/mol. The minimum absolute atomic E-state index is 0.0181. The molecule has 0 radical (unpaired) electrons. The van der Waals surface area contributed by atoms with Crippen molar-refractivity contribution >= 4 is 11.8 Å². The second-order valence-electron chi connectivity index (χ2n) is 8.70. The first-order valence-corrected chi connectivity index (χ1v) is 10.3. The first kappa shape index (κ1) is 17.2. The molecule has 0 aromatic heterocycles. The summed E-state index contributed by atoms with van der Waals surface area (Å²) in [6, 6.07) is 10.6. The Bertz CT molecular complexity index is 715. The van der Waals surface area contributed by atoms with Crippen LogP contribution in [-0.4, -0.2) is 84.9 Å². The van der Waals surface area contributed by atoms with Crippen molar-refractivity contribution in [1.82, 2.24) is 20.0 Å². The Kier molecular flexibility index (Phi) is 4.20. The smallest absolute Gasteiger partial charge is 0.311 e. The quantitative estimate of drug-likeness (QED) is 0.763. The van der Waals surface area contributed by atoms with Gasteiger partial charge in [-0.15, -0.1) is 0 Å². The lowest BCUT2D eigenvalue weighted by molar-refractivity contribution is -0.146. The summed E-state index contributed by atoms with van der Waals surface area (Å²) in [5.41, 5.74) is 1.14. The summed E-state index contributed by atoms with van der Waals surface area (Å²) in [4.78, 5) is 32.3. The van der Waals surface area contributed by atoms with E-state index in [0.29, 0.717) is 19.0 Å². The topological polar surface area (TPSA) is 55.9 Å². The van der Waals surface area contributed by atoms with Crippen LogP contribution in [0.4, 0.5) is 0 Å². The van der Waals surface area contributed by atoms with Crippen molar-refractivity contribution < 1.29 is 9.59 Å². The van der Waals surface area contributed by atoms with Gasteiger partial charge in [0.25, 0.3) is 0 Å². The highest BCUT2D eigenvalue weighted by atomic mass is 16.2. The zero-order valence-corrected chi connectivity index (χ0v) is 15.8. The molecule has 4 bridgehead atoms. The maximum atomic E-state index is 12.9. The molecular formula is C21H28N4O2. The Morgan fingerprint density at radius 1 is 0.926 bits per heavy atom. The number of hydrogen-bond acceptors (Lipinski definition) is 4. The summed E-state index contributed by atoms with van der Waals surface area (Å²) in [7, 11) is 0. The number of amides is 2. The fourth-order valence-corrected chi connectivity index (χ4v) is 5.84. The average molecular weight is 368 g/mol. The van der Waals surface area contributed by atoms with Crippen molar-refractivity contribution in [3.8, 4) is 0 Å². The normalized spacial score (nSPS) is 37.3. The Labute approximate surface area is 160 Å². The van der Waals surface area contributed by atoms with Crippen molar-refractivity contribution in [2.75, 3.05) is 52.4 Å². The summed E-state index contributed by atoms with van der Waals surface area (Å²) in [5, 5.41) is 3.22. The van der Waals surface area contributed by atoms with E-state index >= 15 is 0 Å². The molecule has 6 nitrogen and oxygen atoms in total. The Morgan fingerprint density at radius 2 is 1.56 bits per heavy atom. The van der Waals surface area contributed by atoms with E-state index in [1.54, 1.807) is 4.90 Å². The van der Waals surface area contributed by atoms with Gasteiger partial charge in [-0.1, -0.05) is 30.3 Å². The number of rotatable bonds is 2. The Hall–Kier alpha value is -1.92. The fraction of sp³-hybridized carbons (Fsp3) is 0.619. The molecule has 144 valence electrons. The van der Waals surface area contributed by atoms with Gasteiger partial charge in [-0.2, -0.15) is 0 Å². The second-order valence-corrected chi connectivity index (χ2v) is 8.70. The summed E-state index contributed by atoms with van der Waals surface area (Å²) >= 11 is 0. The minimum atomic E-state index is -0.409. The van der Waals surface area contributed by atoms with Crippen LogP contribution in [-0.2, 0) is 15.0 Å². The first-order valence-electron chi connectivity index (χ1n) is 10.3. The fourth-order valence-electron chi connectivity index (χ4n) is 5.84. The molecule has 1 aromatic carbocycles. The number of fused-ring (bicyclic) bond motifs is 1. The number of likely N-dealkylation sites (tertiary alicyclic amines) is 1. The SMILES string of the molecule is O=C(NC1C2CN3CCN(C2)CC1(c1ccccc1)C3)C(=O)N1CCCC1. The van der Waals surface area contributed by atoms with Crippen LogP contribution in [0.15, 0.2) is 30.3 Å². The van der Waals surface area contributed by atoms with Gasteiger partial charge in [0.15, 0.2) is 0 Å². The average Bonchev–Trinajstić information content (AvgIpc) is 3.11. The molecule has 0 saturated carbocycles. The van der Waals surface area contributed by atoms with E-state index in [-0.39, 0.29) is 17.4 Å². The van der Waals surface area contributed by atoms with Crippen LogP contribution in [0.3, 0.4) is 0 Å². The van der Waals surface area contributed by atoms with Crippen LogP contribution in [0, 0.1) is 5.92 Å². The van der Waals surface area contributed by atoms with E-state index in [0.717, 1.165) is 52.1 Å². The van der Waals surface area contributed by atoms with Crippen LogP contribution in [0.2, 0.25) is 0 Å². The number of carbonyl (C=O) groups excluding carboxylic acids is 2. The lowest BCUT2D eigenvalue weighted by atomic mass is 9.64. The Balaban J connectivity index is 1.46. The third-order valence-electron chi connectivity index (χ3n) is 7.02. The predicted octanol–water partition coefficient (Wildman–Crippen LogP) is 0.293. The van der Waals surface area contributed by atoms with Crippen molar-refractivity contribution in [2.24, 2.45) is 5.92 Å². The van der Waals surface area contributed by atoms with E-state index in [2.05, 4.69) is 39.4 Å². The van der Waals surface area contributed by atoms with E-state index in [9.17, 15) is 9.59 Å². The summed E-state index contributed by atoms with van der Waals surface area (Å²) < 4.78 is 0. The van der Waals surface area contributed by atoms with Crippen molar-refractivity contribution in [1.29, 1.82) is 0 Å². The monoisotopic (exact) mass is 368 g/mol. The van der Waals surface area contributed by atoms with Crippen molar-refractivity contribution in [3.63, 3.8) is 0 Å². The molecule has 5 saturated heterocycles. The second kappa shape index (κ2) is 6.60. The van der Waals surface area contributed by atoms with Gasteiger partial charge in [-0.25, -0.2) is 0 Å². The van der Waals surface area contributed by atoms with Gasteiger partial charge in [0, 0.05) is 69.7 Å². The maximum Gasteiger partial charge on any atom is 0.311 e. The van der Waals surface area contributed by atoms with E-state index < -0.39 is 5.91 Å². The van der Waals surface area contributed by atoms with E-state index in [1.165, 1.54) is 5.56 Å². The van der Waals surface area contributed by atoms with Gasteiger partial charge in [0.05, 0.1) is 0 Å². The molecule has 27 heavy (non-hydrogen) atoms. The number of hydrogen-bond donors (Lipinski definition) is 1. The summed E-state index contributed by atoms with van der Waals surface area (Å²) in [6.45, 7) is 7.54. The van der Waals surface area contributed by atoms with Gasteiger partial charge >= 0.3 is 11.8 Å². The van der Waals surface area contributed by atoms with E-state index in [1.807, 2.05) is 6.07 Å². The number of benzene rings is 1. The largest absolute Gasteiger partial charge is 0.344 e. The molecule has 1 aromatic rings. The molecule has 5 aliphatic rings. The van der Waals surface area contributed by atoms with Crippen LogP contribution in [0.5, 0.6) is 0 Å². The van der Waals surface area contributed by atoms with Crippen molar-refractivity contribution in [2.45, 2.75) is 24.3 Å². The number of carbonyl (C=O) groups is 2. The Morgan fingerprint density at radius 3 is 2.19 bits per heavy atom. The van der Waals surface area contributed by atoms with Gasteiger partial charge < -0.3 is 20.0 Å². The molecule has 5 aliphatic heterocycles. The van der Waals surface area contributed by atoms with Crippen molar-refractivity contribution in [3.05, 3.63) is 35.9 Å². The summed E-state index contributed by atoms with van der Waals surface area (Å²) in [5.74, 6) is -0.387. The molecule has 5 fully saturated rings. The van der Waals surface area contributed by atoms with Gasteiger partial charge in [-0.3, -0.25) is 9.59 Å². The zero-order valence-electron chi connectivity index (χ0n) is 15.8. The van der Waals surface area contributed by atoms with Crippen LogP contribution >= 0.6 is 0 Å². The number of nitrogens with one attached hydrogen (secondary N) is 1. The van der Waals surface area contributed by atoms with Gasteiger partial charge in [0.2, 0.25) is 0 Å². The third-order valence-corrected chi connectivity index (χ3v) is 7.02. The molecule has 6 rings (SSSR count). The highest BCUT2D eigenvalue weighted by Crippen LogP contribution is 2.43. The van der Waals surface area contributed by atoms with Crippen LogP contribution in [0.1, 0.15) is 18.4 Å². The predicted molar refractivity (Wildman–Crippen MR) is 102 cm³/mol. The lowest BCUT2D eigenvalue weighted by Crippen LogP contribution is -2.71. The highest BCUT2D eigenvalue weighted by Gasteiger charge is 2.55. The first-order chi connectivity index (χ1) is 13.2. The molecule has 2 amide bonds. The lowest BCUT2D eigenvalue weighted by Gasteiger charge is -2.55. The van der Waals surface area contributed by atoms with Gasteiger partial charge in [0.1, 0.15) is 0 Å². The molecule has 3 atom stereocenters. The molecule has 0 spiro atoms. The standard InChI is InChI=1S/C21H28N4O2/c26-19(20(27)25-8-4-5-9-25)22-18-16-12-23-10-11-24(13-16)15-21(18,14-23)17-6-2-1-3-7-17/h1-3,6-7,16,18H,4-5,8-15H2,(H,22,26). The molecule has 3 unspecified atom stereocenters. The molecule has 1 N–H and O–H groups in total. The maximum absolute atomic E-state index is 12.9. The molecule has 6 heteroatoms. The van der Waals surface area contributed by atoms with Crippen LogP contribution in [0.25, 0.3) is 0 Å². The van der Waals surface area contributed by atoms with Gasteiger partial charge in [-0.05, 0) is 18.4 Å². The number of nitrogens with zero attached hydrogens (tertiary/aromatic N) is 3. The zero-order chi connectivity index (χ0) is 18.4. The molecule has 5 heterocycles. The number of piperidine rings is 2. The molecule has 0 aliphatic carbocycles. The minimum Gasteiger partial charge on any atom is -0.344 e. The van der Waals surface area contributed by atoms with Crippen LogP contribution < -0.4 is 5.32 Å².